The van der Waals surface area contributed by atoms with Crippen LogP contribution < -0.4 is 10.9 Å². The van der Waals surface area contributed by atoms with Gasteiger partial charge in [-0.15, -0.1) is 11.3 Å². The van der Waals surface area contributed by atoms with Crippen molar-refractivity contribution in [3.63, 3.8) is 0 Å². The van der Waals surface area contributed by atoms with Gasteiger partial charge in [-0.3, -0.25) is 14.2 Å². The fourth-order valence-electron chi connectivity index (χ4n) is 4.79. The average molecular weight is 504 g/mol. The molecule has 1 amide bonds. The molecule has 35 heavy (non-hydrogen) atoms. The van der Waals surface area contributed by atoms with E-state index in [9.17, 15) is 9.59 Å². The first kappa shape index (κ1) is 23.8. The third-order valence-electron chi connectivity index (χ3n) is 6.37. The van der Waals surface area contributed by atoms with Crippen LogP contribution in [0.5, 0.6) is 0 Å². The van der Waals surface area contributed by atoms with Gasteiger partial charge in [-0.25, -0.2) is 4.98 Å². The second-order valence-corrected chi connectivity index (χ2v) is 11.2. The lowest BCUT2D eigenvalue weighted by molar-refractivity contribution is -0.113. The van der Waals surface area contributed by atoms with Crippen LogP contribution in [0.25, 0.3) is 15.9 Å². The molecular formula is C28H29N3O2S2. The Hall–Kier alpha value is -2.90. The number of nitrogens with zero attached hydrogens (tertiary/aromatic N) is 2. The summed E-state index contributed by atoms with van der Waals surface area (Å²) in [6.45, 7) is 6.16. The maximum absolute atomic E-state index is 13.9. The third-order valence-corrected chi connectivity index (χ3v) is 8.50. The third kappa shape index (κ3) is 4.93. The maximum atomic E-state index is 13.9. The van der Waals surface area contributed by atoms with Crippen molar-refractivity contribution in [2.75, 3.05) is 11.1 Å². The Bertz CT molecular complexity index is 1470. The minimum absolute atomic E-state index is 0.0297. The zero-order valence-corrected chi connectivity index (χ0v) is 21.9. The number of fused-ring (bicyclic) bond motifs is 3. The fraction of sp³-hybridized carbons (Fsp3) is 0.321. The largest absolute Gasteiger partial charge is 0.325 e. The van der Waals surface area contributed by atoms with Crippen molar-refractivity contribution in [1.29, 1.82) is 0 Å². The summed E-state index contributed by atoms with van der Waals surface area (Å²) >= 11 is 2.95. The highest BCUT2D eigenvalue weighted by atomic mass is 32.2. The van der Waals surface area contributed by atoms with E-state index in [2.05, 4.69) is 18.3 Å². The van der Waals surface area contributed by atoms with E-state index in [-0.39, 0.29) is 17.2 Å². The number of nitrogens with one attached hydrogen (secondary N) is 1. The topological polar surface area (TPSA) is 64.0 Å². The highest BCUT2D eigenvalue weighted by Gasteiger charge is 2.23. The molecule has 5 rings (SSSR count). The average Bonchev–Trinajstić information content (AvgIpc) is 3.21. The van der Waals surface area contributed by atoms with Gasteiger partial charge in [-0.05, 0) is 92.5 Å². The lowest BCUT2D eigenvalue weighted by atomic mass is 9.97. The monoisotopic (exact) mass is 503 g/mol. The zero-order chi connectivity index (χ0) is 24.5. The van der Waals surface area contributed by atoms with Crippen molar-refractivity contribution in [3.8, 4) is 5.69 Å². The Balaban J connectivity index is 1.53. The molecule has 0 unspecified atom stereocenters. The summed E-state index contributed by atoms with van der Waals surface area (Å²) in [5.41, 5.74) is 6.09. The van der Waals surface area contributed by atoms with Crippen molar-refractivity contribution in [1.82, 2.24) is 9.55 Å². The predicted octanol–water partition coefficient (Wildman–Crippen LogP) is 6.24. The number of rotatable bonds is 6. The number of carbonyl (C=O) groups excluding carboxylic acids is 1. The number of carbonyl (C=O) groups is 1. The van der Waals surface area contributed by atoms with E-state index >= 15 is 0 Å². The van der Waals surface area contributed by atoms with Gasteiger partial charge in [0.15, 0.2) is 5.16 Å². The van der Waals surface area contributed by atoms with E-state index in [1.807, 2.05) is 50.2 Å². The molecule has 7 heteroatoms. The summed E-state index contributed by atoms with van der Waals surface area (Å²) in [7, 11) is 0. The van der Waals surface area contributed by atoms with Crippen LogP contribution >= 0.6 is 23.1 Å². The first-order chi connectivity index (χ1) is 16.9. The summed E-state index contributed by atoms with van der Waals surface area (Å²) in [6.07, 6.45) is 5.13. The Kier molecular flexibility index (Phi) is 6.80. The Labute approximate surface area is 213 Å². The Morgan fingerprint density at radius 1 is 1.11 bits per heavy atom. The van der Waals surface area contributed by atoms with Crippen LogP contribution in [0, 0.1) is 13.8 Å². The van der Waals surface area contributed by atoms with E-state index in [1.165, 1.54) is 27.8 Å². The summed E-state index contributed by atoms with van der Waals surface area (Å²) in [5, 5.41) is 4.30. The highest BCUT2D eigenvalue weighted by Crippen LogP contribution is 2.35. The number of aromatic nitrogens is 2. The SMILES string of the molecule is CCc1cccc(NC(=O)CSc2nc3sc4c(c3c(=O)n2-c2cc(C)cc(C)c2)CCCC4)c1. The quantitative estimate of drug-likeness (QED) is 0.250. The molecule has 0 atom stereocenters. The van der Waals surface area contributed by atoms with E-state index in [0.29, 0.717) is 5.16 Å². The second-order valence-electron chi connectivity index (χ2n) is 9.16. The van der Waals surface area contributed by atoms with Crippen LogP contribution in [0.4, 0.5) is 5.69 Å². The van der Waals surface area contributed by atoms with Crippen LogP contribution in [0.15, 0.2) is 52.4 Å². The highest BCUT2D eigenvalue weighted by molar-refractivity contribution is 7.99. The molecule has 0 bridgehead atoms. The molecule has 0 saturated carbocycles. The lowest BCUT2D eigenvalue weighted by Crippen LogP contribution is -2.23. The normalized spacial score (nSPS) is 13.1. The number of thioether (sulfide) groups is 1. The number of aryl methyl sites for hydroxylation is 5. The molecule has 2 heterocycles. The maximum Gasteiger partial charge on any atom is 0.267 e. The molecule has 0 aliphatic heterocycles. The van der Waals surface area contributed by atoms with Gasteiger partial charge in [0, 0.05) is 10.6 Å². The van der Waals surface area contributed by atoms with Gasteiger partial charge in [0.1, 0.15) is 4.83 Å². The van der Waals surface area contributed by atoms with E-state index in [0.717, 1.165) is 64.8 Å². The van der Waals surface area contributed by atoms with E-state index in [1.54, 1.807) is 15.9 Å². The molecule has 1 N–H and O–H groups in total. The Morgan fingerprint density at radius 2 is 1.89 bits per heavy atom. The van der Waals surface area contributed by atoms with Gasteiger partial charge in [-0.2, -0.15) is 0 Å². The second kappa shape index (κ2) is 9.99. The van der Waals surface area contributed by atoms with Gasteiger partial charge in [0.25, 0.3) is 5.56 Å². The number of thiophene rings is 1. The standard InChI is InChI=1S/C28H29N3O2S2/c1-4-19-8-7-9-20(15-19)29-24(32)16-34-28-30-26-25(22-10-5-6-11-23(22)35-26)27(33)31(28)21-13-17(2)12-18(3)14-21/h7-9,12-15H,4-6,10-11,16H2,1-3H3,(H,29,32). The molecule has 0 saturated heterocycles. The van der Waals surface area contributed by atoms with Gasteiger partial charge in [-0.1, -0.05) is 36.9 Å². The van der Waals surface area contributed by atoms with Crippen molar-refractivity contribution < 1.29 is 4.79 Å². The first-order valence-electron chi connectivity index (χ1n) is 12.1. The zero-order valence-electron chi connectivity index (χ0n) is 20.3. The van der Waals surface area contributed by atoms with Crippen LogP contribution in [-0.4, -0.2) is 21.2 Å². The van der Waals surface area contributed by atoms with Crippen LogP contribution in [0.3, 0.4) is 0 Å². The van der Waals surface area contributed by atoms with Crippen LogP contribution in [-0.2, 0) is 24.1 Å². The van der Waals surface area contributed by atoms with E-state index < -0.39 is 0 Å². The van der Waals surface area contributed by atoms with Crippen molar-refractivity contribution in [3.05, 3.63) is 79.9 Å². The number of benzene rings is 2. The van der Waals surface area contributed by atoms with Crippen molar-refractivity contribution in [2.45, 2.75) is 58.0 Å². The molecule has 5 nitrogen and oxygen atoms in total. The lowest BCUT2D eigenvalue weighted by Gasteiger charge is -2.15. The van der Waals surface area contributed by atoms with Gasteiger partial charge in [0.05, 0.1) is 16.8 Å². The molecule has 0 spiro atoms. The molecule has 1 aliphatic rings. The van der Waals surface area contributed by atoms with Gasteiger partial charge >= 0.3 is 0 Å². The van der Waals surface area contributed by atoms with Gasteiger partial charge < -0.3 is 5.32 Å². The molecule has 0 radical (unpaired) electrons. The summed E-state index contributed by atoms with van der Waals surface area (Å²) in [5.74, 6) is 0.0551. The van der Waals surface area contributed by atoms with Crippen molar-refractivity contribution >= 4 is 44.9 Å². The smallest absolute Gasteiger partial charge is 0.267 e. The number of anilines is 1. The Morgan fingerprint density at radius 3 is 2.66 bits per heavy atom. The minimum Gasteiger partial charge on any atom is -0.325 e. The molecule has 180 valence electrons. The number of hydrogen-bond acceptors (Lipinski definition) is 5. The molecule has 4 aromatic rings. The minimum atomic E-state index is -0.116. The molecule has 0 fully saturated rings. The van der Waals surface area contributed by atoms with Gasteiger partial charge in [0.2, 0.25) is 5.91 Å². The summed E-state index contributed by atoms with van der Waals surface area (Å²) in [4.78, 5) is 33.8. The van der Waals surface area contributed by atoms with Crippen LogP contribution in [0.2, 0.25) is 0 Å². The molecule has 2 aromatic carbocycles. The van der Waals surface area contributed by atoms with Crippen molar-refractivity contribution in [2.24, 2.45) is 0 Å². The summed E-state index contributed by atoms with van der Waals surface area (Å²) in [6, 6.07) is 14.0. The van der Waals surface area contributed by atoms with E-state index in [4.69, 9.17) is 4.98 Å². The first-order valence-corrected chi connectivity index (χ1v) is 13.9. The van der Waals surface area contributed by atoms with Crippen LogP contribution in [0.1, 0.15) is 46.9 Å². The fourth-order valence-corrected chi connectivity index (χ4v) is 6.90. The number of hydrogen-bond donors (Lipinski definition) is 1. The molecule has 2 aromatic heterocycles. The molecule has 1 aliphatic carbocycles. The number of amides is 1. The summed E-state index contributed by atoms with van der Waals surface area (Å²) < 4.78 is 1.71. The molecular weight excluding hydrogens is 474 g/mol. The predicted molar refractivity (Wildman–Crippen MR) is 147 cm³/mol.